The minimum absolute atomic E-state index is 0.210. The van der Waals surface area contributed by atoms with Crippen LogP contribution >= 0.6 is 23.2 Å². The van der Waals surface area contributed by atoms with Crippen LogP contribution in [0.4, 0.5) is 16.2 Å². The first-order valence-corrected chi connectivity index (χ1v) is 17.6. The first kappa shape index (κ1) is 34.1. The molecule has 4 fully saturated rings. The van der Waals surface area contributed by atoms with E-state index in [0.29, 0.717) is 13.1 Å². The number of halogens is 2. The van der Waals surface area contributed by atoms with E-state index in [1.165, 1.54) is 48.2 Å². The minimum atomic E-state index is -0.445. The van der Waals surface area contributed by atoms with Gasteiger partial charge >= 0.3 is 6.09 Å². The minimum Gasteiger partial charge on any atom is -0.444 e. The topological polar surface area (TPSA) is 54.5 Å². The number of nitrogens with zero attached hydrogens (tertiary/aromatic N) is 5. The number of rotatable bonds is 6. The number of carbonyl (C=O) groups excluding carboxylic acids is 1. The van der Waals surface area contributed by atoms with Crippen LogP contribution in [0.15, 0.2) is 36.4 Å². The summed E-state index contributed by atoms with van der Waals surface area (Å²) in [5, 5.41) is 5.16. The number of benzene rings is 2. The van der Waals surface area contributed by atoms with Gasteiger partial charge in [0.2, 0.25) is 0 Å². The van der Waals surface area contributed by atoms with Gasteiger partial charge in [0.25, 0.3) is 0 Å². The number of piperazine rings is 2. The monoisotopic (exact) mass is 658 g/mol. The van der Waals surface area contributed by atoms with Crippen molar-refractivity contribution < 1.29 is 9.53 Å². The van der Waals surface area contributed by atoms with Crippen LogP contribution in [0.3, 0.4) is 0 Å². The molecule has 0 bridgehead atoms. The summed E-state index contributed by atoms with van der Waals surface area (Å²) in [4.78, 5) is 23.8. The molecule has 6 rings (SSSR count). The van der Waals surface area contributed by atoms with Crippen molar-refractivity contribution in [2.75, 3.05) is 88.3 Å². The third kappa shape index (κ3) is 9.64. The van der Waals surface area contributed by atoms with E-state index in [4.69, 9.17) is 27.9 Å². The predicted molar refractivity (Wildman–Crippen MR) is 187 cm³/mol. The van der Waals surface area contributed by atoms with Crippen LogP contribution in [0.2, 0.25) is 10.0 Å². The van der Waals surface area contributed by atoms with E-state index in [9.17, 15) is 4.79 Å². The molecule has 0 atom stereocenters. The van der Waals surface area contributed by atoms with Crippen molar-refractivity contribution in [3.63, 3.8) is 0 Å². The van der Waals surface area contributed by atoms with Gasteiger partial charge < -0.3 is 24.8 Å². The summed E-state index contributed by atoms with van der Waals surface area (Å²) in [6, 6.07) is 12.5. The Labute approximate surface area is 280 Å². The highest BCUT2D eigenvalue weighted by Gasteiger charge is 2.27. The lowest BCUT2D eigenvalue weighted by atomic mass is 10.1. The van der Waals surface area contributed by atoms with Gasteiger partial charge in [-0.05, 0) is 69.7 Å². The third-order valence-electron chi connectivity index (χ3n) is 9.01. The smallest absolute Gasteiger partial charge is 0.410 e. The molecular weight excluding hydrogens is 607 g/mol. The lowest BCUT2D eigenvalue weighted by molar-refractivity contribution is 0.0139. The second-order valence-corrected chi connectivity index (χ2v) is 14.5. The zero-order valence-electron chi connectivity index (χ0n) is 27.5. The Bertz CT molecular complexity index is 1250. The SMILES string of the molecule is CC(C)(C)OC(=O)N1CCN(Cc2cccc(Cl)c2N2CCCC2)CC1.Clc1cccc(CN2CCNCC2)c1N1CCCC1. The van der Waals surface area contributed by atoms with Gasteiger partial charge in [0.1, 0.15) is 5.60 Å². The molecule has 0 saturated carbocycles. The standard InChI is InChI=1S/C20H30ClN3O2.C15H22ClN3/c1-20(2,3)26-19(25)24-13-11-22(12-14-24)15-16-7-6-8-17(21)18(16)23-9-4-5-10-23;16-14-5-3-4-13(12-18-10-6-17-7-11-18)15(14)19-8-1-2-9-19/h6-8H,4-5,9-15H2,1-3H3;3-5,17H,1-2,6-12H2. The number of hydrogen-bond acceptors (Lipinski definition) is 7. The van der Waals surface area contributed by atoms with Gasteiger partial charge in [-0.3, -0.25) is 9.80 Å². The van der Waals surface area contributed by atoms with Crippen molar-refractivity contribution in [2.24, 2.45) is 0 Å². The molecule has 45 heavy (non-hydrogen) atoms. The molecule has 0 aliphatic carbocycles. The van der Waals surface area contributed by atoms with Gasteiger partial charge in [-0.15, -0.1) is 0 Å². The van der Waals surface area contributed by atoms with Gasteiger partial charge in [0, 0.05) is 91.6 Å². The largest absolute Gasteiger partial charge is 0.444 e. The van der Waals surface area contributed by atoms with Crippen molar-refractivity contribution in [2.45, 2.75) is 65.1 Å². The molecule has 1 amide bonds. The van der Waals surface area contributed by atoms with E-state index in [1.807, 2.05) is 39.0 Å². The molecule has 4 saturated heterocycles. The molecule has 8 nitrogen and oxygen atoms in total. The molecule has 248 valence electrons. The zero-order valence-corrected chi connectivity index (χ0v) is 29.0. The number of amides is 1. The Kier molecular flexibility index (Phi) is 12.2. The van der Waals surface area contributed by atoms with E-state index < -0.39 is 5.60 Å². The zero-order chi connectivity index (χ0) is 31.8. The van der Waals surface area contributed by atoms with Crippen molar-refractivity contribution in [1.82, 2.24) is 20.0 Å². The fourth-order valence-electron chi connectivity index (χ4n) is 6.73. The summed E-state index contributed by atoms with van der Waals surface area (Å²) in [7, 11) is 0. The molecule has 1 N–H and O–H groups in total. The number of anilines is 2. The van der Waals surface area contributed by atoms with Crippen LogP contribution in [-0.2, 0) is 17.8 Å². The first-order valence-electron chi connectivity index (χ1n) is 16.9. The summed E-state index contributed by atoms with van der Waals surface area (Å²) < 4.78 is 5.48. The summed E-state index contributed by atoms with van der Waals surface area (Å²) in [6.45, 7) is 19.6. The van der Waals surface area contributed by atoms with Crippen LogP contribution in [-0.4, -0.2) is 105 Å². The fraction of sp³-hybridized carbons (Fsp3) is 0.629. The van der Waals surface area contributed by atoms with Crippen LogP contribution in [0.25, 0.3) is 0 Å². The maximum atomic E-state index is 12.2. The molecule has 0 spiro atoms. The van der Waals surface area contributed by atoms with E-state index >= 15 is 0 Å². The highest BCUT2D eigenvalue weighted by Crippen LogP contribution is 2.34. The second-order valence-electron chi connectivity index (χ2n) is 13.7. The quantitative estimate of drug-likeness (QED) is 0.389. The average molecular weight is 660 g/mol. The van der Waals surface area contributed by atoms with E-state index in [0.717, 1.165) is 88.6 Å². The van der Waals surface area contributed by atoms with E-state index in [-0.39, 0.29) is 6.09 Å². The molecule has 4 heterocycles. The Morgan fingerprint density at radius 3 is 1.58 bits per heavy atom. The molecular formula is C35H52Cl2N6O2. The highest BCUT2D eigenvalue weighted by molar-refractivity contribution is 6.33. The van der Waals surface area contributed by atoms with Gasteiger partial charge in [0.15, 0.2) is 0 Å². The van der Waals surface area contributed by atoms with E-state index in [2.05, 4.69) is 43.1 Å². The summed E-state index contributed by atoms with van der Waals surface area (Å²) in [5.74, 6) is 0. The number of ether oxygens (including phenoxy) is 1. The van der Waals surface area contributed by atoms with E-state index in [1.54, 1.807) is 4.90 Å². The van der Waals surface area contributed by atoms with Crippen LogP contribution < -0.4 is 15.1 Å². The molecule has 0 aromatic heterocycles. The molecule has 0 radical (unpaired) electrons. The second kappa shape index (κ2) is 16.1. The molecule has 2 aromatic carbocycles. The number of nitrogens with one attached hydrogen (secondary N) is 1. The summed E-state index contributed by atoms with van der Waals surface area (Å²) >= 11 is 13.0. The Morgan fingerprint density at radius 1 is 0.689 bits per heavy atom. The maximum absolute atomic E-state index is 12.2. The Hall–Kier alpha value is -2.23. The Balaban J connectivity index is 0.000000186. The first-order chi connectivity index (χ1) is 21.7. The number of para-hydroxylation sites is 2. The number of carbonyl (C=O) groups is 1. The Morgan fingerprint density at radius 2 is 1.13 bits per heavy atom. The molecule has 2 aromatic rings. The molecule has 10 heteroatoms. The van der Waals surface area contributed by atoms with Crippen molar-refractivity contribution in [1.29, 1.82) is 0 Å². The highest BCUT2D eigenvalue weighted by atomic mass is 35.5. The van der Waals surface area contributed by atoms with Crippen LogP contribution in [0.5, 0.6) is 0 Å². The van der Waals surface area contributed by atoms with Crippen molar-refractivity contribution in [3.8, 4) is 0 Å². The van der Waals surface area contributed by atoms with Gasteiger partial charge in [0.05, 0.1) is 21.4 Å². The predicted octanol–water partition coefficient (Wildman–Crippen LogP) is 6.34. The average Bonchev–Trinajstić information content (AvgIpc) is 3.73. The summed E-state index contributed by atoms with van der Waals surface area (Å²) in [6.07, 6.45) is 4.84. The molecule has 0 unspecified atom stereocenters. The number of hydrogen-bond donors (Lipinski definition) is 1. The third-order valence-corrected chi connectivity index (χ3v) is 9.62. The van der Waals surface area contributed by atoms with Gasteiger partial charge in [-0.1, -0.05) is 47.5 Å². The van der Waals surface area contributed by atoms with Crippen molar-refractivity contribution >= 4 is 40.7 Å². The van der Waals surface area contributed by atoms with Crippen molar-refractivity contribution in [3.05, 3.63) is 57.6 Å². The van der Waals surface area contributed by atoms with Crippen LogP contribution in [0, 0.1) is 0 Å². The van der Waals surface area contributed by atoms with Gasteiger partial charge in [-0.2, -0.15) is 0 Å². The van der Waals surface area contributed by atoms with Crippen LogP contribution in [0.1, 0.15) is 57.6 Å². The normalized spacial score (nSPS) is 19.9. The lowest BCUT2D eigenvalue weighted by Crippen LogP contribution is -2.49. The maximum Gasteiger partial charge on any atom is 0.410 e. The summed E-state index contributed by atoms with van der Waals surface area (Å²) in [5.41, 5.74) is 4.70. The molecule has 4 aliphatic rings. The van der Waals surface area contributed by atoms with Gasteiger partial charge in [-0.25, -0.2) is 4.79 Å². The lowest BCUT2D eigenvalue weighted by Gasteiger charge is -2.36. The fourth-order valence-corrected chi connectivity index (χ4v) is 7.36. The molecule has 4 aliphatic heterocycles.